The van der Waals surface area contributed by atoms with Gasteiger partial charge in [-0.3, -0.25) is 9.78 Å². The fourth-order valence-corrected chi connectivity index (χ4v) is 2.33. The van der Waals surface area contributed by atoms with Crippen LogP contribution in [0.4, 0.5) is 11.5 Å². The highest BCUT2D eigenvalue weighted by Crippen LogP contribution is 2.18. The monoisotopic (exact) mass is 353 g/mol. The summed E-state index contributed by atoms with van der Waals surface area (Å²) in [6.07, 6.45) is 3.40. The minimum absolute atomic E-state index is 0.270. The van der Waals surface area contributed by atoms with Crippen LogP contribution in [-0.2, 0) is 6.54 Å². The molecule has 2 heterocycles. The van der Waals surface area contributed by atoms with Gasteiger partial charge < -0.3 is 10.6 Å². The molecule has 0 radical (unpaired) electrons. The van der Waals surface area contributed by atoms with Crippen LogP contribution in [0.3, 0.4) is 0 Å². The summed E-state index contributed by atoms with van der Waals surface area (Å²) in [5.41, 5.74) is 2.04. The van der Waals surface area contributed by atoms with E-state index in [-0.39, 0.29) is 5.91 Å². The molecule has 3 rings (SSSR count). The van der Waals surface area contributed by atoms with E-state index in [1.54, 1.807) is 37.5 Å². The summed E-state index contributed by atoms with van der Waals surface area (Å²) in [7, 11) is 0. The number of rotatable bonds is 5. The number of aryl methyl sites for hydroxylation is 1. The van der Waals surface area contributed by atoms with Crippen LogP contribution < -0.4 is 10.6 Å². The molecule has 0 spiro atoms. The van der Waals surface area contributed by atoms with Crippen molar-refractivity contribution >= 4 is 29.0 Å². The molecule has 25 heavy (non-hydrogen) atoms. The summed E-state index contributed by atoms with van der Waals surface area (Å²) in [6, 6.07) is 12.6. The number of anilines is 2. The molecule has 7 heteroatoms. The lowest BCUT2D eigenvalue weighted by molar-refractivity contribution is 0.0945. The Labute approximate surface area is 150 Å². The number of pyridine rings is 1. The topological polar surface area (TPSA) is 79.8 Å². The van der Waals surface area contributed by atoms with Gasteiger partial charge in [-0.2, -0.15) is 0 Å². The lowest BCUT2D eigenvalue weighted by atomic mass is 10.2. The molecule has 0 unspecified atom stereocenters. The van der Waals surface area contributed by atoms with Crippen molar-refractivity contribution in [2.24, 2.45) is 0 Å². The normalized spacial score (nSPS) is 10.3. The fraction of sp³-hybridized carbons (Fsp3) is 0.111. The number of carbonyl (C=O) groups excluding carboxylic acids is 1. The van der Waals surface area contributed by atoms with Crippen LogP contribution in [0, 0.1) is 6.92 Å². The smallest absolute Gasteiger partial charge is 0.270 e. The molecule has 6 nitrogen and oxygen atoms in total. The van der Waals surface area contributed by atoms with Crippen molar-refractivity contribution in [2.45, 2.75) is 13.5 Å². The Bertz CT molecular complexity index is 868. The van der Waals surface area contributed by atoms with E-state index in [1.165, 1.54) is 0 Å². The van der Waals surface area contributed by atoms with Gasteiger partial charge in [0, 0.05) is 35.7 Å². The summed E-state index contributed by atoms with van der Waals surface area (Å²) in [6.45, 7) is 2.13. The maximum Gasteiger partial charge on any atom is 0.270 e. The van der Waals surface area contributed by atoms with E-state index >= 15 is 0 Å². The number of amides is 1. The summed E-state index contributed by atoms with van der Waals surface area (Å²) in [5.74, 6) is 0.778. The molecule has 2 aromatic heterocycles. The van der Waals surface area contributed by atoms with Gasteiger partial charge in [-0.05, 0) is 42.8 Å². The third-order valence-electron chi connectivity index (χ3n) is 3.36. The summed E-state index contributed by atoms with van der Waals surface area (Å²) >= 11 is 5.88. The van der Waals surface area contributed by atoms with Crippen molar-refractivity contribution in [1.82, 2.24) is 20.3 Å². The van der Waals surface area contributed by atoms with E-state index in [0.717, 1.165) is 11.3 Å². The summed E-state index contributed by atoms with van der Waals surface area (Å²) in [4.78, 5) is 24.9. The first-order chi connectivity index (χ1) is 12.1. The van der Waals surface area contributed by atoms with Gasteiger partial charge in [-0.1, -0.05) is 17.7 Å². The van der Waals surface area contributed by atoms with Crippen LogP contribution in [0.2, 0.25) is 5.02 Å². The highest BCUT2D eigenvalue weighted by Gasteiger charge is 2.10. The van der Waals surface area contributed by atoms with Crippen LogP contribution in [0.1, 0.15) is 21.9 Å². The molecule has 0 fully saturated rings. The molecule has 0 atom stereocenters. The minimum Gasteiger partial charge on any atom is -0.347 e. The van der Waals surface area contributed by atoms with E-state index in [0.29, 0.717) is 28.9 Å². The Hall–Kier alpha value is -2.99. The van der Waals surface area contributed by atoms with Gasteiger partial charge in [-0.25, -0.2) is 9.97 Å². The molecule has 126 valence electrons. The van der Waals surface area contributed by atoms with Gasteiger partial charge in [0.25, 0.3) is 5.91 Å². The number of nitrogens with one attached hydrogen (secondary N) is 2. The maximum atomic E-state index is 12.4. The fourth-order valence-electron chi connectivity index (χ4n) is 2.20. The van der Waals surface area contributed by atoms with Crippen LogP contribution >= 0.6 is 11.6 Å². The van der Waals surface area contributed by atoms with Gasteiger partial charge in [0.05, 0.1) is 0 Å². The Morgan fingerprint density at radius 3 is 2.68 bits per heavy atom. The van der Waals surface area contributed by atoms with Gasteiger partial charge in [0.1, 0.15) is 17.3 Å². The number of hydrogen-bond donors (Lipinski definition) is 2. The number of nitrogens with zero attached hydrogens (tertiary/aromatic N) is 3. The molecule has 1 amide bonds. The standard InChI is InChI=1S/C18H16ClN5O/c1-12-22-16(18(25)21-11-13-3-2-8-20-10-13)9-17(23-12)24-15-6-4-14(19)5-7-15/h2-10H,11H2,1H3,(H,21,25)(H,22,23,24). The predicted octanol–water partition coefficient (Wildman–Crippen LogP) is 3.51. The van der Waals surface area contributed by atoms with E-state index in [1.807, 2.05) is 24.3 Å². The van der Waals surface area contributed by atoms with Crippen LogP contribution in [0.5, 0.6) is 0 Å². The first-order valence-electron chi connectivity index (χ1n) is 7.65. The maximum absolute atomic E-state index is 12.4. The van der Waals surface area contributed by atoms with Crippen LogP contribution in [0.15, 0.2) is 54.9 Å². The average Bonchev–Trinajstić information content (AvgIpc) is 2.62. The van der Waals surface area contributed by atoms with Gasteiger partial charge in [-0.15, -0.1) is 0 Å². The molecule has 2 N–H and O–H groups in total. The first kappa shape index (κ1) is 16.9. The van der Waals surface area contributed by atoms with Crippen molar-refractivity contribution in [3.05, 3.63) is 77.0 Å². The van der Waals surface area contributed by atoms with Gasteiger partial charge in [0.15, 0.2) is 0 Å². The Morgan fingerprint density at radius 1 is 1.16 bits per heavy atom. The predicted molar refractivity (Wildman–Crippen MR) is 96.9 cm³/mol. The summed E-state index contributed by atoms with van der Waals surface area (Å²) < 4.78 is 0. The Morgan fingerprint density at radius 2 is 1.96 bits per heavy atom. The zero-order valence-electron chi connectivity index (χ0n) is 13.5. The molecule has 0 saturated heterocycles. The van der Waals surface area contributed by atoms with Gasteiger partial charge >= 0.3 is 0 Å². The third-order valence-corrected chi connectivity index (χ3v) is 3.62. The molecule has 0 aliphatic heterocycles. The SMILES string of the molecule is Cc1nc(Nc2ccc(Cl)cc2)cc(C(=O)NCc2cccnc2)n1. The molecule has 0 bridgehead atoms. The molecule has 3 aromatic rings. The molecule has 0 saturated carbocycles. The number of aromatic nitrogens is 3. The second-order valence-electron chi connectivity index (χ2n) is 5.36. The van der Waals surface area contributed by atoms with Crippen LogP contribution in [0.25, 0.3) is 0 Å². The first-order valence-corrected chi connectivity index (χ1v) is 8.03. The van der Waals surface area contributed by atoms with E-state index in [4.69, 9.17) is 11.6 Å². The van der Waals surface area contributed by atoms with E-state index < -0.39 is 0 Å². The summed E-state index contributed by atoms with van der Waals surface area (Å²) in [5, 5.41) is 6.62. The highest BCUT2D eigenvalue weighted by molar-refractivity contribution is 6.30. The third kappa shape index (κ3) is 4.74. The number of benzene rings is 1. The van der Waals surface area contributed by atoms with E-state index in [9.17, 15) is 4.79 Å². The highest BCUT2D eigenvalue weighted by atomic mass is 35.5. The second kappa shape index (κ2) is 7.72. The van der Waals surface area contributed by atoms with E-state index in [2.05, 4.69) is 25.6 Å². The van der Waals surface area contributed by atoms with Gasteiger partial charge in [0.2, 0.25) is 0 Å². The minimum atomic E-state index is -0.270. The molecular formula is C18H16ClN5O. The van der Waals surface area contributed by atoms with Crippen LogP contribution in [-0.4, -0.2) is 20.9 Å². The van der Waals surface area contributed by atoms with Crippen molar-refractivity contribution in [1.29, 1.82) is 0 Å². The Kier molecular flexibility index (Phi) is 5.20. The lowest BCUT2D eigenvalue weighted by Gasteiger charge is -2.09. The van der Waals surface area contributed by atoms with Crippen molar-refractivity contribution in [3.8, 4) is 0 Å². The largest absolute Gasteiger partial charge is 0.347 e. The lowest BCUT2D eigenvalue weighted by Crippen LogP contribution is -2.24. The van der Waals surface area contributed by atoms with Crippen molar-refractivity contribution in [3.63, 3.8) is 0 Å². The zero-order chi connectivity index (χ0) is 17.6. The quantitative estimate of drug-likeness (QED) is 0.733. The second-order valence-corrected chi connectivity index (χ2v) is 5.80. The average molecular weight is 354 g/mol. The van der Waals surface area contributed by atoms with Crippen molar-refractivity contribution in [2.75, 3.05) is 5.32 Å². The number of hydrogen-bond acceptors (Lipinski definition) is 5. The number of carbonyl (C=O) groups is 1. The molecular weight excluding hydrogens is 338 g/mol. The molecule has 0 aliphatic rings. The number of halogens is 1. The van der Waals surface area contributed by atoms with Crippen molar-refractivity contribution < 1.29 is 4.79 Å². The Balaban J connectivity index is 1.72. The molecule has 0 aliphatic carbocycles. The zero-order valence-corrected chi connectivity index (χ0v) is 14.3. The molecule has 1 aromatic carbocycles.